The molecular weight excluding hydrogens is 228 g/mol. The van der Waals surface area contributed by atoms with Crippen molar-refractivity contribution in [3.63, 3.8) is 0 Å². The molecule has 0 saturated heterocycles. The van der Waals surface area contributed by atoms with Gasteiger partial charge in [0, 0.05) is 24.1 Å². The van der Waals surface area contributed by atoms with Crippen molar-refractivity contribution in [3.8, 4) is 5.75 Å². The summed E-state index contributed by atoms with van der Waals surface area (Å²) in [6.45, 7) is 2.40. The number of alkyl halides is 2. The zero-order valence-electron chi connectivity index (χ0n) is 10.1. The van der Waals surface area contributed by atoms with Gasteiger partial charge in [-0.15, -0.1) is 0 Å². The van der Waals surface area contributed by atoms with Gasteiger partial charge >= 0.3 is 0 Å². The molecule has 5 heteroatoms. The van der Waals surface area contributed by atoms with Gasteiger partial charge in [0.25, 0.3) is 5.92 Å². The first kappa shape index (κ1) is 13.9. The Labute approximate surface area is 99.2 Å². The summed E-state index contributed by atoms with van der Waals surface area (Å²) in [6.07, 6.45) is -1.03. The van der Waals surface area contributed by atoms with Crippen LogP contribution in [0.4, 0.5) is 8.78 Å². The number of ether oxygens (including phenoxy) is 1. The van der Waals surface area contributed by atoms with E-state index in [9.17, 15) is 13.9 Å². The van der Waals surface area contributed by atoms with Crippen LogP contribution in [0.15, 0.2) is 18.2 Å². The quantitative estimate of drug-likeness (QED) is 0.855. The maximum Gasteiger partial charge on any atom is 0.270 e. The second kappa shape index (κ2) is 4.98. The van der Waals surface area contributed by atoms with Gasteiger partial charge in [-0.3, -0.25) is 0 Å². The Balaban J connectivity index is 3.25. The highest BCUT2D eigenvalue weighted by Crippen LogP contribution is 2.34. The Bertz CT molecular complexity index is 389. The first-order valence-electron chi connectivity index (χ1n) is 5.27. The van der Waals surface area contributed by atoms with E-state index >= 15 is 0 Å². The van der Waals surface area contributed by atoms with Crippen LogP contribution in [0.5, 0.6) is 5.75 Å². The summed E-state index contributed by atoms with van der Waals surface area (Å²) in [5.74, 6) is -2.61. The maximum absolute atomic E-state index is 13.2. The molecule has 1 aromatic rings. The van der Waals surface area contributed by atoms with E-state index in [1.54, 1.807) is 6.92 Å². The number of rotatable bonds is 4. The molecule has 0 radical (unpaired) electrons. The van der Waals surface area contributed by atoms with E-state index in [-0.39, 0.29) is 11.1 Å². The maximum atomic E-state index is 13.2. The van der Waals surface area contributed by atoms with Gasteiger partial charge in [0.15, 0.2) is 0 Å². The largest absolute Gasteiger partial charge is 0.496 e. The van der Waals surface area contributed by atoms with Crippen molar-refractivity contribution in [1.82, 2.24) is 0 Å². The SMILES string of the molecule is COc1ccc(C(C)(F)F)cc1C(O)C(C)N. The van der Waals surface area contributed by atoms with E-state index < -0.39 is 18.1 Å². The van der Waals surface area contributed by atoms with Crippen molar-refractivity contribution in [2.75, 3.05) is 7.11 Å². The monoisotopic (exact) mass is 245 g/mol. The second-order valence-electron chi connectivity index (χ2n) is 4.15. The summed E-state index contributed by atoms with van der Waals surface area (Å²) in [7, 11) is 1.41. The molecule has 0 spiro atoms. The van der Waals surface area contributed by atoms with Gasteiger partial charge < -0.3 is 15.6 Å². The number of nitrogens with two attached hydrogens (primary N) is 1. The van der Waals surface area contributed by atoms with E-state index in [0.29, 0.717) is 5.75 Å². The zero-order chi connectivity index (χ0) is 13.2. The average molecular weight is 245 g/mol. The van der Waals surface area contributed by atoms with Crippen LogP contribution in [0, 0.1) is 0 Å². The lowest BCUT2D eigenvalue weighted by molar-refractivity contribution is 0.0171. The fraction of sp³-hybridized carbons (Fsp3) is 0.500. The highest BCUT2D eigenvalue weighted by Gasteiger charge is 2.27. The van der Waals surface area contributed by atoms with Crippen molar-refractivity contribution in [1.29, 1.82) is 0 Å². The zero-order valence-corrected chi connectivity index (χ0v) is 10.1. The molecular formula is C12H17F2NO2. The molecule has 0 bridgehead atoms. The minimum atomic E-state index is -2.96. The Morgan fingerprint density at radius 1 is 1.41 bits per heavy atom. The van der Waals surface area contributed by atoms with Crippen LogP contribution >= 0.6 is 0 Å². The van der Waals surface area contributed by atoms with Gasteiger partial charge in [-0.1, -0.05) is 0 Å². The normalized spacial score (nSPS) is 15.5. The lowest BCUT2D eigenvalue weighted by Gasteiger charge is -2.20. The van der Waals surface area contributed by atoms with Crippen molar-refractivity contribution in [2.45, 2.75) is 31.9 Å². The molecule has 17 heavy (non-hydrogen) atoms. The molecule has 0 amide bonds. The Hall–Kier alpha value is -1.20. The van der Waals surface area contributed by atoms with E-state index in [1.165, 1.54) is 25.3 Å². The highest BCUT2D eigenvalue weighted by atomic mass is 19.3. The number of hydrogen-bond acceptors (Lipinski definition) is 3. The van der Waals surface area contributed by atoms with Crippen molar-refractivity contribution < 1.29 is 18.6 Å². The summed E-state index contributed by atoms with van der Waals surface area (Å²) in [5, 5.41) is 9.85. The van der Waals surface area contributed by atoms with Crippen LogP contribution in [0.25, 0.3) is 0 Å². The summed E-state index contributed by atoms with van der Waals surface area (Å²) < 4.78 is 31.4. The minimum absolute atomic E-state index is 0.173. The van der Waals surface area contributed by atoms with Gasteiger partial charge in [0.05, 0.1) is 13.2 Å². The minimum Gasteiger partial charge on any atom is -0.496 e. The van der Waals surface area contributed by atoms with Crippen LogP contribution in [-0.2, 0) is 5.92 Å². The van der Waals surface area contributed by atoms with Gasteiger partial charge in [-0.2, -0.15) is 0 Å². The molecule has 0 fully saturated rings. The average Bonchev–Trinajstić information content (AvgIpc) is 2.25. The van der Waals surface area contributed by atoms with Gasteiger partial charge in [0.1, 0.15) is 5.75 Å². The lowest BCUT2D eigenvalue weighted by atomic mass is 9.98. The third kappa shape index (κ3) is 3.14. The van der Waals surface area contributed by atoms with Crippen molar-refractivity contribution in [3.05, 3.63) is 29.3 Å². The van der Waals surface area contributed by atoms with E-state index in [2.05, 4.69) is 0 Å². The molecule has 3 nitrogen and oxygen atoms in total. The Kier molecular flexibility index (Phi) is 4.06. The molecule has 1 rings (SSSR count). The number of hydrogen-bond donors (Lipinski definition) is 2. The summed E-state index contributed by atoms with van der Waals surface area (Å²) in [4.78, 5) is 0. The first-order chi connectivity index (χ1) is 7.77. The van der Waals surface area contributed by atoms with E-state index in [1.807, 2.05) is 0 Å². The molecule has 0 aliphatic carbocycles. The molecule has 96 valence electrons. The Morgan fingerprint density at radius 2 is 2.00 bits per heavy atom. The molecule has 3 N–H and O–H groups in total. The van der Waals surface area contributed by atoms with Gasteiger partial charge in [-0.05, 0) is 25.1 Å². The van der Waals surface area contributed by atoms with Gasteiger partial charge in [0.2, 0.25) is 0 Å². The standard InChI is InChI=1S/C12H17F2NO2/c1-7(15)11(16)9-6-8(12(2,13)14)4-5-10(9)17-3/h4-7,11,16H,15H2,1-3H3. The number of aliphatic hydroxyl groups excluding tert-OH is 1. The molecule has 0 heterocycles. The fourth-order valence-corrected chi connectivity index (χ4v) is 1.52. The van der Waals surface area contributed by atoms with E-state index in [0.717, 1.165) is 6.92 Å². The number of benzene rings is 1. The molecule has 0 aliphatic heterocycles. The van der Waals surface area contributed by atoms with Crippen molar-refractivity contribution >= 4 is 0 Å². The van der Waals surface area contributed by atoms with Crippen LogP contribution in [0.2, 0.25) is 0 Å². The third-order valence-corrected chi connectivity index (χ3v) is 2.55. The molecule has 0 aromatic heterocycles. The smallest absolute Gasteiger partial charge is 0.270 e. The molecule has 0 saturated carbocycles. The highest BCUT2D eigenvalue weighted by molar-refractivity contribution is 5.40. The number of halogens is 2. The molecule has 1 aromatic carbocycles. The van der Waals surface area contributed by atoms with Gasteiger partial charge in [-0.25, -0.2) is 8.78 Å². The van der Waals surface area contributed by atoms with E-state index in [4.69, 9.17) is 10.5 Å². The summed E-state index contributed by atoms with van der Waals surface area (Å²) >= 11 is 0. The molecule has 2 unspecified atom stereocenters. The van der Waals surface area contributed by atoms with Crippen LogP contribution in [0.3, 0.4) is 0 Å². The molecule has 2 atom stereocenters. The fourth-order valence-electron chi connectivity index (χ4n) is 1.52. The number of methoxy groups -OCH3 is 1. The first-order valence-corrected chi connectivity index (χ1v) is 5.27. The lowest BCUT2D eigenvalue weighted by Crippen LogP contribution is -2.25. The summed E-state index contributed by atoms with van der Waals surface area (Å²) in [6, 6.07) is 3.35. The Morgan fingerprint density at radius 3 is 2.41 bits per heavy atom. The number of aliphatic hydroxyl groups is 1. The summed E-state index contributed by atoms with van der Waals surface area (Å²) in [5.41, 5.74) is 5.66. The third-order valence-electron chi connectivity index (χ3n) is 2.55. The predicted octanol–water partition coefficient (Wildman–Crippen LogP) is 2.19. The van der Waals surface area contributed by atoms with Crippen LogP contribution in [0.1, 0.15) is 31.1 Å². The topological polar surface area (TPSA) is 55.5 Å². The predicted molar refractivity (Wildman–Crippen MR) is 61.2 cm³/mol. The van der Waals surface area contributed by atoms with Crippen LogP contribution in [-0.4, -0.2) is 18.3 Å². The van der Waals surface area contributed by atoms with Crippen molar-refractivity contribution in [2.24, 2.45) is 5.73 Å². The van der Waals surface area contributed by atoms with Crippen LogP contribution < -0.4 is 10.5 Å². The molecule has 0 aliphatic rings. The second-order valence-corrected chi connectivity index (χ2v) is 4.15.